The third kappa shape index (κ3) is 5.53. The third-order valence-electron chi connectivity index (χ3n) is 3.23. The van der Waals surface area contributed by atoms with Crippen LogP contribution < -0.4 is 5.32 Å². The number of nitrogens with one attached hydrogen (secondary N) is 1. The highest BCUT2D eigenvalue weighted by molar-refractivity contribution is 4.71. The lowest BCUT2D eigenvalue weighted by Crippen LogP contribution is -2.26. The fraction of sp³-hybridized carbons (Fsp3) is 1.00. The Balaban J connectivity index is 1.96. The molecular weight excluding hydrogens is 186 g/mol. The molecule has 0 amide bonds. The van der Waals surface area contributed by atoms with E-state index in [1.54, 1.807) is 0 Å². The first-order valence-corrected chi connectivity index (χ1v) is 6.61. The predicted octanol–water partition coefficient (Wildman–Crippen LogP) is 3.11. The summed E-state index contributed by atoms with van der Waals surface area (Å²) in [5.74, 6) is 0. The molecule has 1 heterocycles. The summed E-state index contributed by atoms with van der Waals surface area (Å²) in [6.07, 6.45) is 8.66. The summed E-state index contributed by atoms with van der Waals surface area (Å²) < 4.78 is 5.80. The van der Waals surface area contributed by atoms with Gasteiger partial charge in [-0.3, -0.25) is 0 Å². The largest absolute Gasteiger partial charge is 0.375 e. The lowest BCUT2D eigenvalue weighted by molar-refractivity contribution is 0.0492. The molecule has 0 bridgehead atoms. The van der Waals surface area contributed by atoms with E-state index in [-0.39, 0.29) is 0 Å². The molecule has 0 aromatic rings. The van der Waals surface area contributed by atoms with E-state index in [9.17, 15) is 0 Å². The molecule has 2 heteroatoms. The topological polar surface area (TPSA) is 21.3 Å². The minimum atomic E-state index is 0.505. The summed E-state index contributed by atoms with van der Waals surface area (Å²) in [6, 6.07) is 0.670. The van der Waals surface area contributed by atoms with Crippen molar-refractivity contribution in [3.05, 3.63) is 0 Å². The molecule has 0 aromatic carbocycles. The van der Waals surface area contributed by atoms with Crippen LogP contribution in [0.5, 0.6) is 0 Å². The van der Waals surface area contributed by atoms with E-state index >= 15 is 0 Å². The van der Waals surface area contributed by atoms with E-state index in [2.05, 4.69) is 26.1 Å². The van der Waals surface area contributed by atoms with Gasteiger partial charge in [-0.2, -0.15) is 0 Å². The van der Waals surface area contributed by atoms with Gasteiger partial charge in [0.1, 0.15) is 0 Å². The second-order valence-corrected chi connectivity index (χ2v) is 4.93. The maximum atomic E-state index is 5.80. The van der Waals surface area contributed by atoms with Crippen LogP contribution in [0, 0.1) is 0 Å². The zero-order valence-electron chi connectivity index (χ0n) is 10.6. The van der Waals surface area contributed by atoms with Gasteiger partial charge in [0.2, 0.25) is 0 Å². The van der Waals surface area contributed by atoms with Crippen LogP contribution in [-0.2, 0) is 4.74 Å². The highest BCUT2D eigenvalue weighted by atomic mass is 16.5. The summed E-state index contributed by atoms with van der Waals surface area (Å²) in [5.41, 5.74) is 0. The fourth-order valence-corrected chi connectivity index (χ4v) is 2.24. The van der Waals surface area contributed by atoms with Gasteiger partial charge in [-0.15, -0.1) is 0 Å². The van der Waals surface area contributed by atoms with E-state index in [4.69, 9.17) is 4.74 Å². The Morgan fingerprint density at radius 2 is 2.20 bits per heavy atom. The lowest BCUT2D eigenvalue weighted by atomic mass is 10.1. The fourth-order valence-electron chi connectivity index (χ4n) is 2.24. The molecular formula is C13H27NO. The van der Waals surface area contributed by atoms with Gasteiger partial charge in [-0.05, 0) is 58.9 Å². The van der Waals surface area contributed by atoms with E-state index in [0.29, 0.717) is 18.2 Å². The van der Waals surface area contributed by atoms with E-state index in [1.165, 1.54) is 38.5 Å². The quantitative estimate of drug-likeness (QED) is 0.701. The zero-order chi connectivity index (χ0) is 11.1. The van der Waals surface area contributed by atoms with Gasteiger partial charge in [0.25, 0.3) is 0 Å². The van der Waals surface area contributed by atoms with Crippen LogP contribution >= 0.6 is 0 Å². The van der Waals surface area contributed by atoms with Crippen molar-refractivity contribution in [2.24, 2.45) is 0 Å². The highest BCUT2D eigenvalue weighted by Gasteiger charge is 2.21. The van der Waals surface area contributed by atoms with E-state index < -0.39 is 0 Å². The summed E-state index contributed by atoms with van der Waals surface area (Å²) in [6.45, 7) is 7.84. The van der Waals surface area contributed by atoms with Crippen LogP contribution in [0.15, 0.2) is 0 Å². The summed E-state index contributed by atoms with van der Waals surface area (Å²) in [4.78, 5) is 0. The maximum absolute atomic E-state index is 5.80. The zero-order valence-corrected chi connectivity index (χ0v) is 10.6. The van der Waals surface area contributed by atoms with Crippen LogP contribution in [0.1, 0.15) is 59.3 Å². The molecule has 90 valence electrons. The lowest BCUT2D eigenvalue weighted by Gasteiger charge is -2.15. The van der Waals surface area contributed by atoms with Crippen LogP contribution in [0.4, 0.5) is 0 Å². The minimum absolute atomic E-state index is 0.505. The molecule has 3 unspecified atom stereocenters. The molecule has 0 aromatic heterocycles. The Bertz CT molecular complexity index is 161. The first-order valence-electron chi connectivity index (χ1n) is 6.61. The molecule has 0 saturated carbocycles. The molecule has 2 nitrogen and oxygen atoms in total. The normalized spacial score (nSPS) is 28.2. The van der Waals surface area contributed by atoms with Gasteiger partial charge in [-0.25, -0.2) is 0 Å². The van der Waals surface area contributed by atoms with Gasteiger partial charge >= 0.3 is 0 Å². The smallest absolute Gasteiger partial charge is 0.0579 e. The van der Waals surface area contributed by atoms with Crippen molar-refractivity contribution in [1.82, 2.24) is 5.32 Å². The van der Waals surface area contributed by atoms with Crippen LogP contribution in [0.3, 0.4) is 0 Å². The first kappa shape index (κ1) is 13.0. The minimum Gasteiger partial charge on any atom is -0.375 e. The van der Waals surface area contributed by atoms with Crippen molar-refractivity contribution in [3.63, 3.8) is 0 Å². The van der Waals surface area contributed by atoms with Crippen LogP contribution in [-0.4, -0.2) is 24.8 Å². The molecule has 0 spiro atoms. The van der Waals surface area contributed by atoms with Crippen molar-refractivity contribution in [1.29, 1.82) is 0 Å². The van der Waals surface area contributed by atoms with Gasteiger partial charge in [0.15, 0.2) is 0 Å². The molecule has 1 saturated heterocycles. The molecule has 15 heavy (non-hydrogen) atoms. The van der Waals surface area contributed by atoms with Crippen molar-refractivity contribution in [2.75, 3.05) is 6.54 Å². The molecule has 1 rings (SSSR count). The summed E-state index contributed by atoms with van der Waals surface area (Å²) in [7, 11) is 0. The Hall–Kier alpha value is -0.0800. The van der Waals surface area contributed by atoms with Gasteiger partial charge < -0.3 is 10.1 Å². The van der Waals surface area contributed by atoms with Crippen molar-refractivity contribution < 1.29 is 4.74 Å². The van der Waals surface area contributed by atoms with E-state index in [1.807, 2.05) is 0 Å². The van der Waals surface area contributed by atoms with Crippen LogP contribution in [0.2, 0.25) is 0 Å². The maximum Gasteiger partial charge on any atom is 0.0579 e. The Morgan fingerprint density at radius 1 is 1.40 bits per heavy atom. The number of hydrogen-bond donors (Lipinski definition) is 1. The molecule has 0 radical (unpaired) electrons. The summed E-state index contributed by atoms with van der Waals surface area (Å²) in [5, 5.41) is 3.53. The van der Waals surface area contributed by atoms with Crippen LogP contribution in [0.25, 0.3) is 0 Å². The van der Waals surface area contributed by atoms with Crippen molar-refractivity contribution >= 4 is 0 Å². The second kappa shape index (κ2) is 7.24. The number of rotatable bonds is 7. The molecule has 1 fully saturated rings. The Morgan fingerprint density at radius 3 is 2.80 bits per heavy atom. The predicted molar refractivity (Wildman–Crippen MR) is 65.2 cm³/mol. The molecule has 1 aliphatic heterocycles. The third-order valence-corrected chi connectivity index (χ3v) is 3.23. The molecule has 0 aliphatic carbocycles. The highest BCUT2D eigenvalue weighted by Crippen LogP contribution is 2.23. The van der Waals surface area contributed by atoms with Gasteiger partial charge in [0, 0.05) is 6.04 Å². The Kier molecular flexibility index (Phi) is 6.26. The van der Waals surface area contributed by atoms with Gasteiger partial charge in [-0.1, -0.05) is 6.92 Å². The van der Waals surface area contributed by atoms with Gasteiger partial charge in [0.05, 0.1) is 12.2 Å². The van der Waals surface area contributed by atoms with Crippen molar-refractivity contribution in [3.8, 4) is 0 Å². The first-order chi connectivity index (χ1) is 7.22. The summed E-state index contributed by atoms with van der Waals surface area (Å²) >= 11 is 0. The molecule has 1 N–H and O–H groups in total. The monoisotopic (exact) mass is 213 g/mol. The standard InChI is InChI=1S/C13H27NO/c1-4-10-14-11(2)6-5-7-13-9-8-12(3)15-13/h11-14H,4-10H2,1-3H3. The SMILES string of the molecule is CCCNC(C)CCCC1CCC(C)O1. The number of ether oxygens (including phenoxy) is 1. The second-order valence-electron chi connectivity index (χ2n) is 4.93. The average Bonchev–Trinajstić information content (AvgIpc) is 2.61. The molecule has 3 atom stereocenters. The number of hydrogen-bond acceptors (Lipinski definition) is 2. The van der Waals surface area contributed by atoms with E-state index in [0.717, 1.165) is 6.54 Å². The molecule has 1 aliphatic rings. The van der Waals surface area contributed by atoms with Crippen molar-refractivity contribution in [2.45, 2.75) is 77.5 Å². The Labute approximate surface area is 94.8 Å². The average molecular weight is 213 g/mol.